The van der Waals surface area contributed by atoms with E-state index in [2.05, 4.69) is 16.2 Å². The van der Waals surface area contributed by atoms with E-state index in [1.807, 2.05) is 46.8 Å². The number of benzene rings is 1. The Morgan fingerprint density at radius 3 is 2.26 bits per heavy atom. The third-order valence-corrected chi connectivity index (χ3v) is 7.72. The minimum atomic E-state index is -4.76. The number of carboxylic acids is 1. The number of aromatic nitrogens is 2. The van der Waals surface area contributed by atoms with Crippen LogP contribution in [0, 0.1) is 39.0 Å². The third kappa shape index (κ3) is 8.85. The number of nitrogens with one attached hydrogen (secondary N) is 1. The van der Waals surface area contributed by atoms with E-state index < -0.39 is 47.7 Å². The SMILES string of the molecule is C#Cc1ncc(C(CC(=O)O)NC(=O)C(CC(C)C)n2cc(CCN(C)C)c(C(F)(F)F)cc2=O)cc1-c1c(C)cc(C)cc1C. The van der Waals surface area contributed by atoms with Gasteiger partial charge in [0.2, 0.25) is 5.91 Å². The Kier molecular flexibility index (Phi) is 11.6. The quantitative estimate of drug-likeness (QED) is 0.241. The van der Waals surface area contributed by atoms with Crippen molar-refractivity contribution in [2.45, 2.75) is 72.1 Å². The summed E-state index contributed by atoms with van der Waals surface area (Å²) >= 11 is 0. The third-order valence-electron chi connectivity index (χ3n) is 7.72. The molecule has 0 fully saturated rings. The van der Waals surface area contributed by atoms with Crippen LogP contribution in [0.15, 0.2) is 41.5 Å². The number of terminal acetylenes is 1. The average Bonchev–Trinajstić information content (AvgIpc) is 2.93. The number of carbonyl (C=O) groups excluding carboxylic acids is 1. The van der Waals surface area contributed by atoms with Crippen LogP contribution in [-0.2, 0) is 22.2 Å². The maximum Gasteiger partial charge on any atom is 0.416 e. The number of halogens is 3. The normalized spacial score (nSPS) is 13.0. The van der Waals surface area contributed by atoms with Crippen molar-refractivity contribution in [3.05, 3.63) is 86.1 Å². The zero-order chi connectivity index (χ0) is 34.5. The number of likely N-dealkylation sites (N-methyl/N-ethyl adjacent to an activating group) is 1. The van der Waals surface area contributed by atoms with E-state index in [0.29, 0.717) is 22.9 Å². The molecule has 2 atom stereocenters. The van der Waals surface area contributed by atoms with Crippen molar-refractivity contribution >= 4 is 11.9 Å². The predicted molar refractivity (Wildman–Crippen MR) is 171 cm³/mol. The highest BCUT2D eigenvalue weighted by Gasteiger charge is 2.36. The van der Waals surface area contributed by atoms with Crippen molar-refractivity contribution < 1.29 is 27.9 Å². The lowest BCUT2D eigenvalue weighted by Crippen LogP contribution is -2.40. The molecule has 0 saturated heterocycles. The first kappa shape index (κ1) is 36.0. The molecule has 3 rings (SSSR count). The first-order valence-corrected chi connectivity index (χ1v) is 15.0. The maximum absolute atomic E-state index is 13.9. The Morgan fingerprint density at radius 1 is 1.11 bits per heavy atom. The number of hydrogen-bond donors (Lipinski definition) is 2. The smallest absolute Gasteiger partial charge is 0.416 e. The van der Waals surface area contributed by atoms with Gasteiger partial charge in [-0.15, -0.1) is 6.42 Å². The molecule has 0 bridgehead atoms. The van der Waals surface area contributed by atoms with E-state index in [4.69, 9.17) is 6.42 Å². The van der Waals surface area contributed by atoms with Gasteiger partial charge in [-0.1, -0.05) is 31.5 Å². The fourth-order valence-electron chi connectivity index (χ4n) is 5.71. The average molecular weight is 639 g/mol. The summed E-state index contributed by atoms with van der Waals surface area (Å²) in [6.07, 6.45) is 3.13. The van der Waals surface area contributed by atoms with E-state index in [0.717, 1.165) is 33.0 Å². The summed E-state index contributed by atoms with van der Waals surface area (Å²) in [5.74, 6) is 0.541. The zero-order valence-electron chi connectivity index (χ0n) is 27.2. The number of hydrogen-bond acceptors (Lipinski definition) is 5. The second-order valence-corrected chi connectivity index (χ2v) is 12.4. The molecule has 11 heteroatoms. The van der Waals surface area contributed by atoms with Crippen molar-refractivity contribution in [1.82, 2.24) is 19.8 Å². The van der Waals surface area contributed by atoms with Crippen LogP contribution in [0.4, 0.5) is 13.2 Å². The molecule has 8 nitrogen and oxygen atoms in total. The summed E-state index contributed by atoms with van der Waals surface area (Å²) in [5, 5.41) is 12.5. The Bertz CT molecular complexity index is 1680. The monoisotopic (exact) mass is 638 g/mol. The summed E-state index contributed by atoms with van der Waals surface area (Å²) in [7, 11) is 3.44. The second kappa shape index (κ2) is 14.8. The van der Waals surface area contributed by atoms with Crippen LogP contribution >= 0.6 is 0 Å². The lowest BCUT2D eigenvalue weighted by molar-refractivity contribution is -0.139. The highest BCUT2D eigenvalue weighted by atomic mass is 19.4. The second-order valence-electron chi connectivity index (χ2n) is 12.4. The van der Waals surface area contributed by atoms with Crippen LogP contribution < -0.4 is 10.9 Å². The van der Waals surface area contributed by atoms with Gasteiger partial charge in [0.15, 0.2) is 0 Å². The molecule has 246 valence electrons. The van der Waals surface area contributed by atoms with Crippen LogP contribution in [0.25, 0.3) is 11.1 Å². The van der Waals surface area contributed by atoms with Gasteiger partial charge in [-0.2, -0.15) is 13.2 Å². The highest BCUT2D eigenvalue weighted by Crippen LogP contribution is 2.34. The molecule has 0 aliphatic rings. The van der Waals surface area contributed by atoms with E-state index >= 15 is 0 Å². The molecule has 0 aliphatic carbocycles. The van der Waals surface area contributed by atoms with E-state index in [1.54, 1.807) is 25.1 Å². The molecule has 2 aromatic heterocycles. The number of carboxylic acid groups (broad SMARTS) is 1. The molecular formula is C35H41F3N4O4. The maximum atomic E-state index is 13.9. The van der Waals surface area contributed by atoms with E-state index in [9.17, 15) is 32.7 Å². The van der Waals surface area contributed by atoms with Crippen molar-refractivity contribution in [2.24, 2.45) is 5.92 Å². The highest BCUT2D eigenvalue weighted by molar-refractivity contribution is 5.82. The van der Waals surface area contributed by atoms with Gasteiger partial charge in [0.25, 0.3) is 5.56 Å². The fourth-order valence-corrected chi connectivity index (χ4v) is 5.71. The van der Waals surface area contributed by atoms with Crippen molar-refractivity contribution in [2.75, 3.05) is 20.6 Å². The number of rotatable bonds is 12. The standard InChI is InChI=1S/C35H41F3N4O4/c1-9-28-26(33-22(5)13-21(4)14-23(33)6)15-25(18-39-28)29(17-32(44)45)40-34(46)30(12-20(2)3)42-19-24(10-11-41(7)8)27(16-31(42)43)35(36,37)38/h1,13-16,18-20,29-30H,10-12,17H2,2-8H3,(H,40,46)(H,44,45). The zero-order valence-corrected chi connectivity index (χ0v) is 27.2. The van der Waals surface area contributed by atoms with Gasteiger partial charge in [0.1, 0.15) is 11.7 Å². The van der Waals surface area contributed by atoms with Crippen LogP contribution in [-0.4, -0.2) is 52.1 Å². The summed E-state index contributed by atoms with van der Waals surface area (Å²) in [6.45, 7) is 9.76. The molecule has 0 aliphatic heterocycles. The largest absolute Gasteiger partial charge is 0.481 e. The van der Waals surface area contributed by atoms with Crippen LogP contribution in [0.3, 0.4) is 0 Å². The molecule has 3 aromatic rings. The van der Waals surface area contributed by atoms with Gasteiger partial charge in [0, 0.05) is 30.6 Å². The summed E-state index contributed by atoms with van der Waals surface area (Å²) in [4.78, 5) is 45.2. The van der Waals surface area contributed by atoms with Gasteiger partial charge in [0.05, 0.1) is 18.0 Å². The van der Waals surface area contributed by atoms with Crippen molar-refractivity contribution in [3.8, 4) is 23.5 Å². The number of aryl methyl sites for hydroxylation is 3. The Labute approximate surface area is 267 Å². The van der Waals surface area contributed by atoms with E-state index in [-0.39, 0.29) is 30.9 Å². The minimum Gasteiger partial charge on any atom is -0.481 e. The molecule has 2 N–H and O–H groups in total. The molecule has 2 heterocycles. The molecule has 1 amide bonds. The van der Waals surface area contributed by atoms with Crippen molar-refractivity contribution in [3.63, 3.8) is 0 Å². The van der Waals surface area contributed by atoms with Crippen LogP contribution in [0.2, 0.25) is 0 Å². The van der Waals surface area contributed by atoms with Gasteiger partial charge >= 0.3 is 12.1 Å². The lowest BCUT2D eigenvalue weighted by Gasteiger charge is -2.26. The van der Waals surface area contributed by atoms with Crippen molar-refractivity contribution in [1.29, 1.82) is 0 Å². The fraction of sp³-hybridized carbons (Fsp3) is 0.429. The number of pyridine rings is 2. The number of aliphatic carboxylic acids is 1. The Balaban J connectivity index is 2.13. The molecule has 0 radical (unpaired) electrons. The lowest BCUT2D eigenvalue weighted by atomic mass is 9.91. The van der Waals surface area contributed by atoms with Gasteiger partial charge in [-0.3, -0.25) is 14.4 Å². The topological polar surface area (TPSA) is 105 Å². The van der Waals surface area contributed by atoms with Gasteiger partial charge in [-0.25, -0.2) is 4.98 Å². The molecule has 0 saturated carbocycles. The van der Waals surface area contributed by atoms with Crippen LogP contribution in [0.1, 0.15) is 77.8 Å². The summed E-state index contributed by atoms with van der Waals surface area (Å²) in [5.41, 5.74) is 2.95. The molecule has 0 spiro atoms. The predicted octanol–water partition coefficient (Wildman–Crippen LogP) is 5.86. The Morgan fingerprint density at radius 2 is 1.74 bits per heavy atom. The summed E-state index contributed by atoms with van der Waals surface area (Å²) in [6, 6.07) is 3.95. The number of amides is 1. The number of carbonyl (C=O) groups is 2. The minimum absolute atomic E-state index is 0.00635. The van der Waals surface area contributed by atoms with E-state index in [1.165, 1.54) is 6.20 Å². The first-order chi connectivity index (χ1) is 21.4. The summed E-state index contributed by atoms with van der Waals surface area (Å²) < 4.78 is 42.7. The number of nitrogens with zero attached hydrogens (tertiary/aromatic N) is 3. The van der Waals surface area contributed by atoms with Gasteiger partial charge < -0.3 is 19.9 Å². The molecular weight excluding hydrogens is 597 g/mol. The molecule has 46 heavy (non-hydrogen) atoms. The van der Waals surface area contributed by atoms with Crippen LogP contribution in [0.5, 0.6) is 0 Å². The molecule has 1 aromatic carbocycles. The first-order valence-electron chi connectivity index (χ1n) is 15.0. The van der Waals surface area contributed by atoms with Gasteiger partial charge in [-0.05, 0) is 93.4 Å². The Hall–Kier alpha value is -4.43. The number of alkyl halides is 3. The molecule has 2 unspecified atom stereocenters.